The fourth-order valence-electron chi connectivity index (χ4n) is 6.21. The summed E-state index contributed by atoms with van der Waals surface area (Å²) in [6, 6.07) is 18.7. The zero-order valence-electron chi connectivity index (χ0n) is 19.4. The first kappa shape index (κ1) is 25.2. The number of aryl methyl sites for hydroxylation is 1. The number of rotatable bonds is 9. The van der Waals surface area contributed by atoms with Gasteiger partial charge in [0.2, 0.25) is 0 Å². The molecular weight excluding hydrogens is 464 g/mol. The first-order chi connectivity index (χ1) is 15.2. The third-order valence-corrected chi connectivity index (χ3v) is 7.85. The van der Waals surface area contributed by atoms with Crippen LogP contribution in [-0.4, -0.2) is 66.2 Å². The number of hydrogen-bond acceptors (Lipinski definition) is 3. The minimum absolute atomic E-state index is 0. The average Bonchev–Trinajstić information content (AvgIpc) is 3.20. The van der Waals surface area contributed by atoms with Crippen LogP contribution in [0.15, 0.2) is 48.5 Å². The molecule has 1 saturated heterocycles. The van der Waals surface area contributed by atoms with E-state index < -0.39 is 0 Å². The van der Waals surface area contributed by atoms with Crippen LogP contribution in [0.25, 0.3) is 0 Å². The quantitative estimate of drug-likeness (QED) is 0.496. The van der Waals surface area contributed by atoms with Crippen molar-refractivity contribution in [2.75, 3.05) is 44.3 Å². The maximum absolute atomic E-state index is 9.79. The summed E-state index contributed by atoms with van der Waals surface area (Å²) in [6.45, 7) is 6.29. The van der Waals surface area contributed by atoms with Crippen LogP contribution in [0.3, 0.4) is 0 Å². The maximum atomic E-state index is 9.79. The fraction of sp³-hybridized carbons (Fsp3) is 0.556. The zero-order valence-corrected chi connectivity index (χ0v) is 21.0. The van der Waals surface area contributed by atoms with Gasteiger partial charge in [-0.25, -0.2) is 0 Å². The van der Waals surface area contributed by atoms with Gasteiger partial charge in [-0.15, -0.1) is 0 Å². The minimum atomic E-state index is 0. The lowest BCUT2D eigenvalue weighted by molar-refractivity contribution is -0.956. The molecule has 176 valence electrons. The van der Waals surface area contributed by atoms with Gasteiger partial charge in [0.25, 0.3) is 0 Å². The van der Waals surface area contributed by atoms with Crippen LogP contribution in [0.5, 0.6) is 0 Å². The first-order valence-corrected chi connectivity index (χ1v) is 12.1. The summed E-state index contributed by atoms with van der Waals surface area (Å²) in [4.78, 5) is 2.66. The largest absolute Gasteiger partial charge is 1.00 e. The number of halogens is 1. The Hall–Kier alpha value is -1.40. The average molecular weight is 504 g/mol. The van der Waals surface area contributed by atoms with Crippen molar-refractivity contribution in [1.82, 2.24) is 0 Å². The number of quaternary nitrogens is 1. The van der Waals surface area contributed by atoms with Crippen LogP contribution in [0, 0.1) is 6.92 Å². The third kappa shape index (κ3) is 5.39. The molecule has 0 aromatic heterocycles. The van der Waals surface area contributed by atoms with Crippen molar-refractivity contribution in [2.24, 2.45) is 0 Å². The number of aliphatic hydroxyl groups excluding tert-OH is 2. The van der Waals surface area contributed by atoms with Crippen LogP contribution in [-0.2, 0) is 12.8 Å². The SMILES string of the molecule is Cc1ccccc1N(CCC1CCCC[N+]1(CCO)CCO)C1Cc2ccccc2C1.[Br-]. The Morgan fingerprint density at radius 2 is 1.53 bits per heavy atom. The van der Waals surface area contributed by atoms with Crippen LogP contribution in [0.4, 0.5) is 5.69 Å². The van der Waals surface area contributed by atoms with Crippen molar-refractivity contribution in [2.45, 2.75) is 57.5 Å². The number of fused-ring (bicyclic) bond motifs is 1. The monoisotopic (exact) mass is 502 g/mol. The highest BCUT2D eigenvalue weighted by Crippen LogP contribution is 2.33. The topological polar surface area (TPSA) is 43.7 Å². The normalized spacial score (nSPS) is 19.9. The molecule has 2 N–H and O–H groups in total. The molecule has 0 radical (unpaired) electrons. The molecule has 5 heteroatoms. The molecule has 1 aliphatic carbocycles. The second kappa shape index (κ2) is 11.6. The molecule has 2 aliphatic rings. The van der Waals surface area contributed by atoms with Crippen molar-refractivity contribution in [1.29, 1.82) is 0 Å². The van der Waals surface area contributed by atoms with Crippen molar-refractivity contribution in [3.05, 3.63) is 65.2 Å². The molecule has 0 saturated carbocycles. The number of likely N-dealkylation sites (tertiary alicyclic amines) is 1. The summed E-state index contributed by atoms with van der Waals surface area (Å²) in [5.41, 5.74) is 5.69. The van der Waals surface area contributed by atoms with E-state index in [1.165, 1.54) is 41.6 Å². The minimum Gasteiger partial charge on any atom is -1.00 e. The Morgan fingerprint density at radius 3 is 2.16 bits per heavy atom. The van der Waals surface area contributed by atoms with Crippen LogP contribution >= 0.6 is 0 Å². The molecule has 4 nitrogen and oxygen atoms in total. The standard InChI is InChI=1S/C27H39N2O2.BrH/c1-22-8-2-5-12-27(22)28(25-20-23-9-3-4-10-24(23)21-25)14-13-26-11-6-7-15-29(26,16-18-30)17-19-31;/h2-5,8-10,12,25-26,30-31H,6-7,11,13-21H2,1H3;1H/q+1;/p-1. The number of benzene rings is 2. The second-order valence-electron chi connectivity index (χ2n) is 9.59. The van der Waals surface area contributed by atoms with Gasteiger partial charge < -0.3 is 36.6 Å². The summed E-state index contributed by atoms with van der Waals surface area (Å²) < 4.78 is 0.888. The molecule has 1 unspecified atom stereocenters. The molecule has 1 heterocycles. The van der Waals surface area contributed by atoms with Gasteiger partial charge in [-0.2, -0.15) is 0 Å². The number of anilines is 1. The Labute approximate surface area is 204 Å². The van der Waals surface area contributed by atoms with E-state index in [0.29, 0.717) is 12.1 Å². The molecule has 32 heavy (non-hydrogen) atoms. The van der Waals surface area contributed by atoms with Gasteiger partial charge in [0.15, 0.2) is 0 Å². The van der Waals surface area contributed by atoms with Crippen molar-refractivity contribution >= 4 is 5.69 Å². The molecule has 0 amide bonds. The van der Waals surface area contributed by atoms with E-state index in [9.17, 15) is 10.2 Å². The third-order valence-electron chi connectivity index (χ3n) is 7.85. The summed E-state index contributed by atoms with van der Waals surface area (Å²) in [5, 5.41) is 19.6. The molecule has 1 fully saturated rings. The number of nitrogens with zero attached hydrogens (tertiary/aromatic N) is 2. The Morgan fingerprint density at radius 1 is 0.906 bits per heavy atom. The van der Waals surface area contributed by atoms with Gasteiger partial charge >= 0.3 is 0 Å². The van der Waals surface area contributed by atoms with E-state index >= 15 is 0 Å². The summed E-state index contributed by atoms with van der Waals surface area (Å²) >= 11 is 0. The molecule has 1 aliphatic heterocycles. The Kier molecular flexibility index (Phi) is 9.18. The molecule has 0 bridgehead atoms. The lowest BCUT2D eigenvalue weighted by atomic mass is 9.94. The van der Waals surface area contributed by atoms with Crippen LogP contribution < -0.4 is 21.9 Å². The lowest BCUT2D eigenvalue weighted by Crippen LogP contribution is -3.00. The fourth-order valence-corrected chi connectivity index (χ4v) is 6.21. The summed E-state index contributed by atoms with van der Waals surface area (Å²) in [7, 11) is 0. The second-order valence-corrected chi connectivity index (χ2v) is 9.59. The van der Waals surface area contributed by atoms with Crippen molar-refractivity contribution < 1.29 is 31.7 Å². The molecule has 1 atom stereocenters. The van der Waals surface area contributed by atoms with Gasteiger partial charge in [-0.3, -0.25) is 0 Å². The summed E-state index contributed by atoms with van der Waals surface area (Å²) in [6.07, 6.45) is 7.01. The van der Waals surface area contributed by atoms with E-state index in [4.69, 9.17) is 0 Å². The number of piperidine rings is 1. The van der Waals surface area contributed by atoms with E-state index in [0.717, 1.165) is 49.9 Å². The van der Waals surface area contributed by atoms with Crippen LogP contribution in [0.1, 0.15) is 42.4 Å². The van der Waals surface area contributed by atoms with E-state index in [2.05, 4.69) is 60.4 Å². The van der Waals surface area contributed by atoms with Gasteiger partial charge in [0.1, 0.15) is 13.1 Å². The van der Waals surface area contributed by atoms with Gasteiger partial charge in [-0.05, 0) is 61.8 Å². The van der Waals surface area contributed by atoms with Gasteiger partial charge in [-0.1, -0.05) is 42.5 Å². The van der Waals surface area contributed by atoms with Gasteiger partial charge in [0, 0.05) is 24.7 Å². The van der Waals surface area contributed by atoms with Crippen LogP contribution in [0.2, 0.25) is 0 Å². The highest BCUT2D eigenvalue weighted by molar-refractivity contribution is 5.55. The number of para-hydroxylation sites is 1. The summed E-state index contributed by atoms with van der Waals surface area (Å²) in [5.74, 6) is 0. The first-order valence-electron chi connectivity index (χ1n) is 12.1. The lowest BCUT2D eigenvalue weighted by Gasteiger charge is -2.48. The zero-order chi connectivity index (χ0) is 21.7. The molecule has 4 rings (SSSR count). The molecular formula is C27H39BrN2O2. The van der Waals surface area contributed by atoms with Crippen molar-refractivity contribution in [3.63, 3.8) is 0 Å². The molecule has 2 aromatic carbocycles. The highest BCUT2D eigenvalue weighted by atomic mass is 79.9. The maximum Gasteiger partial charge on any atom is 0.102 e. The van der Waals surface area contributed by atoms with E-state index in [1.807, 2.05) is 0 Å². The molecule has 0 spiro atoms. The molecule has 2 aromatic rings. The number of aliphatic hydroxyl groups is 2. The van der Waals surface area contributed by atoms with E-state index in [-0.39, 0.29) is 30.2 Å². The Balaban J connectivity index is 0.00000289. The van der Waals surface area contributed by atoms with Gasteiger partial charge in [0.05, 0.1) is 25.8 Å². The highest BCUT2D eigenvalue weighted by Gasteiger charge is 2.39. The van der Waals surface area contributed by atoms with E-state index in [1.54, 1.807) is 0 Å². The number of hydrogen-bond donors (Lipinski definition) is 2. The van der Waals surface area contributed by atoms with Crippen molar-refractivity contribution in [3.8, 4) is 0 Å². The smallest absolute Gasteiger partial charge is 0.102 e. The Bertz CT molecular complexity index is 823. The predicted molar refractivity (Wildman–Crippen MR) is 127 cm³/mol. The predicted octanol–water partition coefficient (Wildman–Crippen LogP) is 0.717.